The number of hydrogen-bond acceptors (Lipinski definition) is 7. The van der Waals surface area contributed by atoms with Crippen molar-refractivity contribution in [2.45, 2.75) is 0 Å². The molecule has 154 valence electrons. The molecule has 1 amide bonds. The zero-order valence-corrected chi connectivity index (χ0v) is 17.0. The first-order valence-electron chi connectivity index (χ1n) is 9.48. The van der Waals surface area contributed by atoms with Gasteiger partial charge in [0.05, 0.1) is 12.5 Å². The number of ether oxygens (including phenoxy) is 1. The second-order valence-electron chi connectivity index (χ2n) is 7.07. The van der Waals surface area contributed by atoms with E-state index in [1.54, 1.807) is 25.3 Å². The van der Waals surface area contributed by atoms with Gasteiger partial charge < -0.3 is 23.9 Å². The van der Waals surface area contributed by atoms with Crippen molar-refractivity contribution >= 4 is 16.9 Å². The number of rotatable bonds is 7. The summed E-state index contributed by atoms with van der Waals surface area (Å²) in [6.45, 7) is 1.33. The van der Waals surface area contributed by atoms with Crippen molar-refractivity contribution in [1.29, 1.82) is 0 Å². The molecule has 8 nitrogen and oxygen atoms in total. The smallest absolute Gasteiger partial charge is 0.251 e. The molecule has 0 bridgehead atoms. The van der Waals surface area contributed by atoms with E-state index >= 15 is 0 Å². The molecule has 30 heavy (non-hydrogen) atoms. The van der Waals surface area contributed by atoms with Crippen LogP contribution in [0.4, 0.5) is 0 Å². The molecule has 2 heterocycles. The van der Waals surface area contributed by atoms with Crippen LogP contribution in [0.25, 0.3) is 33.8 Å². The zero-order valence-electron chi connectivity index (χ0n) is 17.0. The molecule has 0 aliphatic rings. The quantitative estimate of drug-likeness (QED) is 0.502. The highest BCUT2D eigenvalue weighted by molar-refractivity contribution is 6.00. The molecule has 0 saturated carbocycles. The van der Waals surface area contributed by atoms with E-state index in [-0.39, 0.29) is 5.91 Å². The number of fused-ring (bicyclic) bond motifs is 1. The predicted octanol–water partition coefficient (Wildman–Crippen LogP) is 3.45. The Morgan fingerprint density at radius 3 is 2.87 bits per heavy atom. The lowest BCUT2D eigenvalue weighted by Gasteiger charge is -2.10. The molecule has 2 aromatic heterocycles. The van der Waals surface area contributed by atoms with Gasteiger partial charge in [0.1, 0.15) is 23.4 Å². The zero-order chi connectivity index (χ0) is 21.1. The Kier molecular flexibility index (Phi) is 5.49. The number of hydrogen-bond donors (Lipinski definition) is 1. The lowest BCUT2D eigenvalue weighted by molar-refractivity contribution is 0.0951. The SMILES string of the molecule is COc1cccc(-c2nc(-c3noc4ccc(C(=O)NCCN(C)C)cc34)co2)c1. The highest BCUT2D eigenvalue weighted by atomic mass is 16.5. The fourth-order valence-corrected chi connectivity index (χ4v) is 3.03. The maximum absolute atomic E-state index is 12.5. The Morgan fingerprint density at radius 2 is 2.07 bits per heavy atom. The Balaban J connectivity index is 1.62. The molecule has 0 radical (unpaired) electrons. The lowest BCUT2D eigenvalue weighted by Crippen LogP contribution is -2.31. The van der Waals surface area contributed by atoms with E-state index < -0.39 is 0 Å². The number of methoxy groups -OCH3 is 1. The van der Waals surface area contributed by atoms with Gasteiger partial charge in [-0.25, -0.2) is 4.98 Å². The Hall–Kier alpha value is -3.65. The summed E-state index contributed by atoms with van der Waals surface area (Å²) in [5.74, 6) is 1.00. The Labute approximate surface area is 173 Å². The molecule has 0 saturated heterocycles. The van der Waals surface area contributed by atoms with Crippen LogP contribution in [0, 0.1) is 0 Å². The highest BCUT2D eigenvalue weighted by Gasteiger charge is 2.18. The van der Waals surface area contributed by atoms with Crippen LogP contribution in [0.5, 0.6) is 5.75 Å². The topological polar surface area (TPSA) is 93.6 Å². The molecular formula is C22H22N4O4. The normalized spacial score (nSPS) is 11.2. The number of carbonyl (C=O) groups is 1. The van der Waals surface area contributed by atoms with Crippen LogP contribution >= 0.6 is 0 Å². The molecule has 0 aliphatic carbocycles. The average Bonchev–Trinajstić information content (AvgIpc) is 3.40. The Morgan fingerprint density at radius 1 is 1.20 bits per heavy atom. The monoisotopic (exact) mass is 406 g/mol. The summed E-state index contributed by atoms with van der Waals surface area (Å²) in [5, 5.41) is 7.73. The van der Waals surface area contributed by atoms with Gasteiger partial charge in [0.2, 0.25) is 5.89 Å². The first kappa shape index (κ1) is 19.7. The minimum atomic E-state index is -0.150. The van der Waals surface area contributed by atoms with Crippen molar-refractivity contribution in [1.82, 2.24) is 20.4 Å². The largest absolute Gasteiger partial charge is 0.497 e. The van der Waals surface area contributed by atoms with Gasteiger partial charge in [-0.1, -0.05) is 11.2 Å². The molecule has 4 rings (SSSR count). The third-order valence-corrected chi connectivity index (χ3v) is 4.64. The summed E-state index contributed by atoms with van der Waals surface area (Å²) in [4.78, 5) is 19.0. The van der Waals surface area contributed by atoms with Crippen LogP contribution in [-0.4, -0.2) is 55.2 Å². The summed E-state index contributed by atoms with van der Waals surface area (Å²) in [5.41, 5.74) is 2.93. The molecule has 4 aromatic rings. The molecule has 0 unspecified atom stereocenters. The van der Waals surface area contributed by atoms with E-state index in [4.69, 9.17) is 13.7 Å². The van der Waals surface area contributed by atoms with Crippen molar-refractivity contribution in [3.63, 3.8) is 0 Å². The van der Waals surface area contributed by atoms with Gasteiger partial charge in [0.25, 0.3) is 5.91 Å². The minimum Gasteiger partial charge on any atom is -0.497 e. The number of carbonyl (C=O) groups excluding carboxylic acids is 1. The van der Waals surface area contributed by atoms with Crippen molar-refractivity contribution in [3.8, 4) is 28.6 Å². The molecule has 2 aromatic carbocycles. The maximum Gasteiger partial charge on any atom is 0.251 e. The van der Waals surface area contributed by atoms with E-state index in [1.807, 2.05) is 43.3 Å². The first-order valence-corrected chi connectivity index (χ1v) is 9.48. The van der Waals surface area contributed by atoms with Gasteiger partial charge in [0, 0.05) is 24.2 Å². The summed E-state index contributed by atoms with van der Waals surface area (Å²) in [7, 11) is 5.52. The predicted molar refractivity (Wildman–Crippen MR) is 112 cm³/mol. The molecule has 1 N–H and O–H groups in total. The summed E-state index contributed by atoms with van der Waals surface area (Å²) in [6, 6.07) is 12.6. The first-order chi connectivity index (χ1) is 14.5. The van der Waals surface area contributed by atoms with E-state index in [2.05, 4.69) is 15.5 Å². The van der Waals surface area contributed by atoms with Crippen molar-refractivity contribution in [2.24, 2.45) is 0 Å². The highest BCUT2D eigenvalue weighted by Crippen LogP contribution is 2.31. The fraction of sp³-hybridized carbons (Fsp3) is 0.227. The number of nitrogens with one attached hydrogen (secondary N) is 1. The van der Waals surface area contributed by atoms with E-state index in [9.17, 15) is 4.79 Å². The van der Waals surface area contributed by atoms with Gasteiger partial charge in [0.15, 0.2) is 5.58 Å². The number of amides is 1. The molecular weight excluding hydrogens is 384 g/mol. The van der Waals surface area contributed by atoms with Crippen LogP contribution in [-0.2, 0) is 0 Å². The number of likely N-dealkylation sites (N-methyl/N-ethyl adjacent to an activating group) is 1. The number of nitrogens with zero attached hydrogens (tertiary/aromatic N) is 3. The molecule has 0 aliphatic heterocycles. The summed E-state index contributed by atoms with van der Waals surface area (Å²) >= 11 is 0. The summed E-state index contributed by atoms with van der Waals surface area (Å²) < 4.78 is 16.3. The maximum atomic E-state index is 12.5. The average molecular weight is 406 g/mol. The van der Waals surface area contributed by atoms with Crippen LogP contribution in [0.15, 0.2) is 57.7 Å². The third kappa shape index (κ3) is 4.04. The summed E-state index contributed by atoms with van der Waals surface area (Å²) in [6.07, 6.45) is 1.52. The van der Waals surface area contributed by atoms with Gasteiger partial charge in [-0.05, 0) is 50.5 Å². The van der Waals surface area contributed by atoms with E-state index in [0.717, 1.165) is 12.1 Å². The second-order valence-corrected chi connectivity index (χ2v) is 7.07. The Bertz CT molecular complexity index is 1180. The molecule has 0 spiro atoms. The van der Waals surface area contributed by atoms with Crippen LogP contribution < -0.4 is 10.1 Å². The van der Waals surface area contributed by atoms with Crippen LogP contribution in [0.1, 0.15) is 10.4 Å². The van der Waals surface area contributed by atoms with Crippen molar-refractivity contribution in [2.75, 3.05) is 34.3 Å². The van der Waals surface area contributed by atoms with E-state index in [0.29, 0.717) is 46.1 Å². The molecule has 0 fully saturated rings. The van der Waals surface area contributed by atoms with Gasteiger partial charge in [-0.3, -0.25) is 4.79 Å². The number of oxazole rings is 1. The molecule has 0 atom stereocenters. The lowest BCUT2D eigenvalue weighted by atomic mass is 10.1. The number of benzene rings is 2. The van der Waals surface area contributed by atoms with Crippen molar-refractivity contribution in [3.05, 3.63) is 54.3 Å². The third-order valence-electron chi connectivity index (χ3n) is 4.64. The standard InChI is InChI=1S/C22H22N4O4/c1-26(2)10-9-23-21(27)14-7-8-19-17(12-14)20(25-30-19)18-13-29-22(24-18)15-5-4-6-16(11-15)28-3/h4-8,11-13H,9-10H2,1-3H3,(H,23,27). The fourth-order valence-electron chi connectivity index (χ4n) is 3.03. The van der Waals surface area contributed by atoms with Crippen molar-refractivity contribution < 1.29 is 18.5 Å². The van der Waals surface area contributed by atoms with Gasteiger partial charge >= 0.3 is 0 Å². The second kappa shape index (κ2) is 8.38. The number of aromatic nitrogens is 2. The molecule has 8 heteroatoms. The minimum absolute atomic E-state index is 0.150. The van der Waals surface area contributed by atoms with Crippen LogP contribution in [0.2, 0.25) is 0 Å². The van der Waals surface area contributed by atoms with Gasteiger partial charge in [-0.15, -0.1) is 0 Å². The van der Waals surface area contributed by atoms with Crippen LogP contribution in [0.3, 0.4) is 0 Å². The van der Waals surface area contributed by atoms with Gasteiger partial charge in [-0.2, -0.15) is 0 Å². The van der Waals surface area contributed by atoms with E-state index in [1.165, 1.54) is 6.26 Å².